The van der Waals surface area contributed by atoms with Crippen molar-refractivity contribution < 1.29 is 24.3 Å². The monoisotopic (exact) mass is 499 g/mol. The lowest BCUT2D eigenvalue weighted by molar-refractivity contribution is -0.123. The number of rotatable bonds is 2. The Morgan fingerprint density at radius 1 is 0.944 bits per heavy atom. The summed E-state index contributed by atoms with van der Waals surface area (Å²) in [6.07, 6.45) is 3.83. The number of phenolic OH excluding ortho intramolecular Hbond substituents is 1. The molecule has 36 heavy (non-hydrogen) atoms. The molecule has 1 heterocycles. The Kier molecular flexibility index (Phi) is 5.12. The van der Waals surface area contributed by atoms with Crippen molar-refractivity contribution in [3.05, 3.63) is 93.6 Å². The second-order valence-corrected chi connectivity index (χ2v) is 10.2. The minimum absolute atomic E-state index is 0.0158. The van der Waals surface area contributed by atoms with E-state index in [-0.39, 0.29) is 35.6 Å². The number of benzene rings is 2. The van der Waals surface area contributed by atoms with Gasteiger partial charge in [-0.2, -0.15) is 0 Å². The molecule has 4 aliphatic rings. The summed E-state index contributed by atoms with van der Waals surface area (Å²) in [6, 6.07) is 13.3. The molecule has 0 radical (unpaired) electrons. The zero-order valence-corrected chi connectivity index (χ0v) is 20.2. The van der Waals surface area contributed by atoms with Crippen molar-refractivity contribution in [2.24, 2.45) is 17.8 Å². The van der Waals surface area contributed by atoms with E-state index in [9.17, 15) is 24.3 Å². The Bertz CT molecular complexity index is 1460. The van der Waals surface area contributed by atoms with Gasteiger partial charge in [0.25, 0.3) is 0 Å². The summed E-state index contributed by atoms with van der Waals surface area (Å²) in [7, 11) is 0. The molecule has 0 bridgehead atoms. The normalized spacial score (nSPS) is 27.4. The van der Waals surface area contributed by atoms with Crippen LogP contribution in [0.1, 0.15) is 31.2 Å². The average Bonchev–Trinajstić information content (AvgIpc) is 3.12. The van der Waals surface area contributed by atoms with E-state index in [1.54, 1.807) is 55.5 Å². The Morgan fingerprint density at radius 2 is 1.67 bits per heavy atom. The van der Waals surface area contributed by atoms with Crippen LogP contribution in [0.4, 0.5) is 5.69 Å². The third-order valence-electron chi connectivity index (χ3n) is 7.90. The van der Waals surface area contributed by atoms with Crippen LogP contribution in [-0.2, 0) is 19.2 Å². The zero-order valence-electron chi connectivity index (χ0n) is 19.4. The summed E-state index contributed by atoms with van der Waals surface area (Å²) < 4.78 is 0. The summed E-state index contributed by atoms with van der Waals surface area (Å²) in [5, 5.41) is 11.3. The first-order chi connectivity index (χ1) is 17.3. The molecule has 6 rings (SSSR count). The molecule has 1 aliphatic heterocycles. The number of halogens is 1. The largest absolute Gasteiger partial charge is 0.508 e. The van der Waals surface area contributed by atoms with Crippen LogP contribution < -0.4 is 4.90 Å². The second kappa shape index (κ2) is 8.14. The zero-order chi connectivity index (χ0) is 25.3. The predicted molar refractivity (Wildman–Crippen MR) is 133 cm³/mol. The standard InChI is InChI=1S/C29H22ClNO5/c1-14-12-23(33)21-13-20-17(24(26(21)27(14)34)18-4-2-3-5-22(18)32)10-11-19-25(20)29(36)31(28(19)35)16-8-6-15(30)7-9-16/h2-10,12,19-20,24-25,32H,11,13H2,1H3/t19-,20+,24+,25-/m0/s1. The molecule has 0 spiro atoms. The lowest BCUT2D eigenvalue weighted by Crippen LogP contribution is -2.39. The first kappa shape index (κ1) is 22.7. The third-order valence-corrected chi connectivity index (χ3v) is 8.15. The van der Waals surface area contributed by atoms with Gasteiger partial charge in [-0.15, -0.1) is 0 Å². The highest BCUT2D eigenvalue weighted by Gasteiger charge is 2.56. The highest BCUT2D eigenvalue weighted by Crippen LogP contribution is 2.56. The van der Waals surface area contributed by atoms with Crippen molar-refractivity contribution in [3.63, 3.8) is 0 Å². The maximum absolute atomic E-state index is 13.8. The van der Waals surface area contributed by atoms with Crippen molar-refractivity contribution in [1.29, 1.82) is 0 Å². The van der Waals surface area contributed by atoms with E-state index in [0.29, 0.717) is 39.4 Å². The van der Waals surface area contributed by atoms with Gasteiger partial charge in [0.1, 0.15) is 5.75 Å². The summed E-state index contributed by atoms with van der Waals surface area (Å²) in [5.41, 5.74) is 2.88. The van der Waals surface area contributed by atoms with Crippen LogP contribution in [0.3, 0.4) is 0 Å². The molecular formula is C29H22ClNO5. The quantitative estimate of drug-likeness (QED) is 0.368. The maximum Gasteiger partial charge on any atom is 0.238 e. The van der Waals surface area contributed by atoms with E-state index < -0.39 is 23.7 Å². The van der Waals surface area contributed by atoms with Gasteiger partial charge < -0.3 is 5.11 Å². The van der Waals surface area contributed by atoms with E-state index in [4.69, 9.17) is 11.6 Å². The number of para-hydroxylation sites is 1. The second-order valence-electron chi connectivity index (χ2n) is 9.78. The summed E-state index contributed by atoms with van der Waals surface area (Å²) in [5.74, 6) is -3.37. The molecule has 2 aromatic carbocycles. The Hall–Kier alpha value is -3.77. The van der Waals surface area contributed by atoms with Crippen molar-refractivity contribution in [2.45, 2.75) is 25.7 Å². The minimum Gasteiger partial charge on any atom is -0.508 e. The minimum atomic E-state index is -0.662. The number of imide groups is 1. The van der Waals surface area contributed by atoms with Crippen LogP contribution in [0.15, 0.2) is 83.0 Å². The number of fused-ring (bicyclic) bond motifs is 3. The van der Waals surface area contributed by atoms with E-state index >= 15 is 0 Å². The van der Waals surface area contributed by atoms with Crippen LogP contribution in [0.2, 0.25) is 5.02 Å². The van der Waals surface area contributed by atoms with Gasteiger partial charge in [-0.05, 0) is 62.1 Å². The predicted octanol–water partition coefficient (Wildman–Crippen LogP) is 4.68. The summed E-state index contributed by atoms with van der Waals surface area (Å²) in [6.45, 7) is 1.62. The molecule has 0 aromatic heterocycles. The Balaban J connectivity index is 1.49. The Morgan fingerprint density at radius 3 is 2.39 bits per heavy atom. The Labute approximate surface area is 212 Å². The topological polar surface area (TPSA) is 91.8 Å². The van der Waals surface area contributed by atoms with Gasteiger partial charge in [-0.3, -0.25) is 24.1 Å². The molecule has 6 nitrogen and oxygen atoms in total. The number of carbonyl (C=O) groups is 4. The number of carbonyl (C=O) groups excluding carboxylic acids is 4. The molecule has 0 saturated carbocycles. The van der Waals surface area contributed by atoms with Gasteiger partial charge in [-0.1, -0.05) is 41.4 Å². The first-order valence-electron chi connectivity index (χ1n) is 11.9. The fourth-order valence-electron chi connectivity index (χ4n) is 6.29. The molecule has 7 heteroatoms. The molecule has 1 N–H and O–H groups in total. The van der Waals surface area contributed by atoms with Gasteiger partial charge in [0.15, 0.2) is 11.6 Å². The maximum atomic E-state index is 13.8. The fraction of sp³-hybridized carbons (Fsp3) is 0.241. The molecule has 4 atom stereocenters. The van der Waals surface area contributed by atoms with Crippen molar-refractivity contribution in [1.82, 2.24) is 0 Å². The number of nitrogens with zero attached hydrogens (tertiary/aromatic N) is 1. The number of aromatic hydroxyl groups is 1. The summed E-state index contributed by atoms with van der Waals surface area (Å²) in [4.78, 5) is 54.9. The van der Waals surface area contributed by atoms with E-state index in [1.165, 1.54) is 11.0 Å². The SMILES string of the molecule is CC1=CC(=O)C2=C(C1=O)[C@@H](c1ccccc1O)C1=CC[C@@H]3C(=O)N(c4ccc(Cl)cc4)C(=O)[C@@H]3[C@@H]1C2. The van der Waals surface area contributed by atoms with Crippen LogP contribution in [0, 0.1) is 17.8 Å². The van der Waals surface area contributed by atoms with Crippen LogP contribution in [0.25, 0.3) is 0 Å². The fourth-order valence-corrected chi connectivity index (χ4v) is 6.42. The van der Waals surface area contributed by atoms with Gasteiger partial charge in [-0.25, -0.2) is 0 Å². The van der Waals surface area contributed by atoms with E-state index in [0.717, 1.165) is 5.57 Å². The number of hydrogen-bond donors (Lipinski definition) is 1. The van der Waals surface area contributed by atoms with Crippen LogP contribution in [0.5, 0.6) is 5.75 Å². The van der Waals surface area contributed by atoms with E-state index in [2.05, 4.69) is 0 Å². The number of allylic oxidation sites excluding steroid dienone is 6. The lowest BCUT2D eigenvalue weighted by atomic mass is 9.59. The number of phenols is 1. The molecule has 1 saturated heterocycles. The lowest BCUT2D eigenvalue weighted by Gasteiger charge is -2.42. The molecule has 3 aliphatic carbocycles. The summed E-state index contributed by atoms with van der Waals surface area (Å²) >= 11 is 6.01. The smallest absolute Gasteiger partial charge is 0.238 e. The number of anilines is 1. The first-order valence-corrected chi connectivity index (χ1v) is 12.3. The third kappa shape index (κ3) is 3.17. The number of hydrogen-bond acceptors (Lipinski definition) is 5. The van der Waals surface area contributed by atoms with Gasteiger partial charge in [0.2, 0.25) is 11.8 Å². The van der Waals surface area contributed by atoms with E-state index in [1.807, 2.05) is 6.08 Å². The number of amides is 2. The number of Topliss-reactive ketones (excluding diaryl/α,β-unsaturated/α-hetero) is 1. The molecule has 2 amide bonds. The number of ketones is 2. The van der Waals surface area contributed by atoms with Crippen molar-refractivity contribution in [3.8, 4) is 5.75 Å². The van der Waals surface area contributed by atoms with Crippen LogP contribution >= 0.6 is 11.6 Å². The molecule has 0 unspecified atom stereocenters. The molecule has 1 fully saturated rings. The molecule has 180 valence electrons. The van der Waals surface area contributed by atoms with Crippen LogP contribution in [-0.4, -0.2) is 28.5 Å². The van der Waals surface area contributed by atoms with Gasteiger partial charge >= 0.3 is 0 Å². The highest BCUT2D eigenvalue weighted by molar-refractivity contribution is 6.31. The van der Waals surface area contributed by atoms with Crippen molar-refractivity contribution >= 4 is 40.7 Å². The molecular weight excluding hydrogens is 478 g/mol. The van der Waals surface area contributed by atoms with Crippen molar-refractivity contribution in [2.75, 3.05) is 4.90 Å². The van der Waals surface area contributed by atoms with Gasteiger partial charge in [0, 0.05) is 33.2 Å². The molecule has 2 aromatic rings. The van der Waals surface area contributed by atoms with Gasteiger partial charge in [0.05, 0.1) is 17.5 Å². The average molecular weight is 500 g/mol. The highest BCUT2D eigenvalue weighted by atomic mass is 35.5.